The van der Waals surface area contributed by atoms with Crippen LogP contribution in [0.25, 0.3) is 16.4 Å². The van der Waals surface area contributed by atoms with E-state index in [9.17, 15) is 53.2 Å². The number of nitrogens with one attached hydrogen (secondary N) is 1. The number of ether oxygens (including phenoxy) is 1. The van der Waals surface area contributed by atoms with Gasteiger partial charge in [0.25, 0.3) is 7.82 Å². The Kier molecular flexibility index (Phi) is 25.9. The zero-order chi connectivity index (χ0) is 71.4. The van der Waals surface area contributed by atoms with Crippen LogP contribution in [0, 0.1) is 71.0 Å². The molecule has 1 aromatic carbocycles. The van der Waals surface area contributed by atoms with Gasteiger partial charge < -0.3 is 95.4 Å². The summed E-state index contributed by atoms with van der Waals surface area (Å²) in [7, 11) is -5.32. The van der Waals surface area contributed by atoms with Crippen LogP contribution in [0.2, 0.25) is 0 Å². The Bertz CT molecular complexity index is 3620. The summed E-state index contributed by atoms with van der Waals surface area (Å²) in [6, 6.07) is 2.65. The van der Waals surface area contributed by atoms with Gasteiger partial charge in [0.05, 0.1) is 30.1 Å². The second-order valence-electron chi connectivity index (χ2n) is 27.3. The quantitative estimate of drug-likeness (QED) is 0.0476. The van der Waals surface area contributed by atoms with Crippen molar-refractivity contribution in [3.63, 3.8) is 0 Å². The number of fused-ring (bicyclic) bond motifs is 7. The minimum atomic E-state index is -5.32. The molecule has 6 aliphatic heterocycles. The van der Waals surface area contributed by atoms with Gasteiger partial charge in [0.15, 0.2) is 6.23 Å². The number of hydrogen-bond donors (Lipinski definition) is 10. The molecular weight excluding hydrogens is 1310 g/mol. The fourth-order valence-corrected chi connectivity index (χ4v) is 16.4. The van der Waals surface area contributed by atoms with Gasteiger partial charge in [-0.1, -0.05) is 47.1 Å². The molecule has 15 atom stereocenters. The van der Waals surface area contributed by atoms with Crippen molar-refractivity contribution in [1.82, 2.24) is 14.9 Å². The molecule has 2 saturated heterocycles. The van der Waals surface area contributed by atoms with Gasteiger partial charge >= 0.3 is 16.8 Å². The predicted octanol–water partition coefficient (Wildman–Crippen LogP) is 3.41. The van der Waals surface area contributed by atoms with Gasteiger partial charge in [0.1, 0.15) is 18.3 Å². The average Bonchev–Trinajstić information content (AvgIpc) is 1.53. The Morgan fingerprint density at radius 2 is 1.36 bits per heavy atom. The maximum atomic E-state index is 14.4. The summed E-state index contributed by atoms with van der Waals surface area (Å²) in [6.45, 7) is 25.6. The zero-order valence-electron chi connectivity index (χ0n) is 56.6. The van der Waals surface area contributed by atoms with Gasteiger partial charge in [-0.15, -0.1) is 0 Å². The van der Waals surface area contributed by atoms with Crippen LogP contribution in [0.1, 0.15) is 157 Å². The van der Waals surface area contributed by atoms with E-state index >= 15 is 0 Å². The number of benzene rings is 1. The largest absolute Gasteiger partial charge is 3.00 e. The number of rotatable bonds is 26. The standard InChI is InChI=1S/C62H90N13O14P.C2H6O.CN.Co/c1-29-20-39-40(21-30(29)2)75(28-70-39)57-52(84)53(41(27-76)87-57)89-90(85,86)88-31(3)26-69-49(83)18-19-59(8)37(22-46(66)80)56-62(11)61(10,25-48(68)82)36(14-17-45(65)79)51(74-62)33(5)55-60(9,24-47(67)81)34(12-15-43(63)77)38(71-55)23-42-58(6,7)35(13-16-44(64)78)50(72-42)32(4)54(59)73-56;1-2-3;1-2;/h20-21,23,28,31,34-37,41,52-53,56-57,76,84H,12-19,22,24-27H2,1-11H3,(H15,63,64,65,66,67,68,69,71,72,73,74,77,78,79,80,81,82,83,85,86);3H,2H2,1H3;;/q;;-1;+3/p-2/t31?,34-,35-,36-,37+,41-,52-,53-,56-,57+,59-,60+,61+,62+;;;/m1.../s1. The molecular formula is C65H94CoN14O15P. The minimum absolute atomic E-state index is 0. The molecule has 8 bridgehead atoms. The number of aromatic nitrogens is 2. The van der Waals surface area contributed by atoms with E-state index in [1.165, 1.54) is 17.8 Å². The number of nitrogens with zero attached hydrogens (tertiary/aromatic N) is 7. The zero-order valence-corrected chi connectivity index (χ0v) is 58.5. The van der Waals surface area contributed by atoms with Crippen LogP contribution in [0.15, 0.2) is 67.8 Å². The summed E-state index contributed by atoms with van der Waals surface area (Å²) < 4.78 is 31.9. The van der Waals surface area contributed by atoms with Gasteiger partial charge in [0, 0.05) is 121 Å². The van der Waals surface area contributed by atoms with E-state index in [4.69, 9.17) is 85.4 Å². The van der Waals surface area contributed by atoms with Gasteiger partial charge in [-0.3, -0.25) is 53.1 Å². The monoisotopic (exact) mass is 1400 g/mol. The Labute approximate surface area is 570 Å². The van der Waals surface area contributed by atoms with E-state index in [1.807, 2.05) is 80.5 Å². The maximum Gasteiger partial charge on any atom is 3.00 e. The molecule has 31 heteroatoms. The van der Waals surface area contributed by atoms with Crippen molar-refractivity contribution in [2.24, 2.45) is 94.7 Å². The number of carbonyl (C=O) groups is 7. The molecule has 7 heterocycles. The summed E-state index contributed by atoms with van der Waals surface area (Å²) >= 11 is 0. The second kappa shape index (κ2) is 31.2. The number of nitrogens with two attached hydrogens (primary N) is 6. The van der Waals surface area contributed by atoms with Crippen LogP contribution in [0.4, 0.5) is 0 Å². The Hall–Kier alpha value is -7.04. The molecule has 528 valence electrons. The van der Waals surface area contributed by atoms with Gasteiger partial charge in [-0.2, -0.15) is 5.70 Å². The van der Waals surface area contributed by atoms with Crippen LogP contribution >= 0.6 is 7.82 Å². The third-order valence-electron chi connectivity index (χ3n) is 20.5. The smallest absolute Gasteiger partial charge is 0.756 e. The summed E-state index contributed by atoms with van der Waals surface area (Å²) in [5.74, 6) is -7.40. The van der Waals surface area contributed by atoms with Crippen LogP contribution in [-0.2, 0) is 68.7 Å². The number of phosphoric acid groups is 1. The van der Waals surface area contributed by atoms with Crippen molar-refractivity contribution in [3.8, 4) is 0 Å². The Morgan fingerprint density at radius 1 is 0.802 bits per heavy atom. The molecule has 96 heavy (non-hydrogen) atoms. The van der Waals surface area contributed by atoms with E-state index < -0.39 is 143 Å². The number of allylic oxidation sites excluding steroid dienone is 6. The van der Waals surface area contributed by atoms with Crippen molar-refractivity contribution in [2.75, 3.05) is 19.8 Å². The van der Waals surface area contributed by atoms with Crippen molar-refractivity contribution < 1.29 is 88.9 Å². The summed E-state index contributed by atoms with van der Waals surface area (Å²) in [5.41, 5.74) is 36.7. The molecule has 0 radical (unpaired) electrons. The maximum absolute atomic E-state index is 14.4. The summed E-state index contributed by atoms with van der Waals surface area (Å²) in [4.78, 5) is 128. The fraction of sp³-hybridized carbons (Fsp3) is 0.631. The number of primary amides is 6. The van der Waals surface area contributed by atoms with Gasteiger partial charge in [-0.25, -0.2) is 4.98 Å². The number of aliphatic imine (C=N–C) groups is 3. The number of hydrogen-bond acceptors (Lipinski definition) is 20. The average molecular weight is 1400 g/mol. The molecule has 2 fully saturated rings. The van der Waals surface area contributed by atoms with Crippen molar-refractivity contribution in [3.05, 3.63) is 75.8 Å². The summed E-state index contributed by atoms with van der Waals surface area (Å²) in [6.07, 6.45) is -4.79. The van der Waals surface area contributed by atoms with Gasteiger partial charge in [-0.05, 0) is 125 Å². The SMILES string of the molecule is C/C1=C2N=C(/C=C3N=C(/C(C)=C4\[N-][C@@](C)([C@@H]5N=C1[C@](C)(CCC(=O)NCC(C)OP(=O)([O-])O[C@H]1[C@@H](O)[C@@H](n6cnc7cc(C)c(C)cc76)O[C@@H]1CO)[C@H]5CC(N)=O)[C@@](C)(CC(N)=O)[C@@H]4CCC(N)=O)[C@@](C)(CC(N)=O)[C@@H]\3CCC(N)=O)C(C)(C)[C@@H]/2CCC(N)=O.CCO.[C-]#N.[Co+3]. The molecule has 2 aromatic rings. The number of imidazole rings is 1. The number of amides is 7. The van der Waals surface area contributed by atoms with Crippen LogP contribution in [-0.4, -0.2) is 139 Å². The van der Waals surface area contributed by atoms with E-state index in [1.54, 1.807) is 13.8 Å². The first kappa shape index (κ1) is 79.6. The first-order valence-corrected chi connectivity index (χ1v) is 33.2. The molecule has 1 aromatic heterocycles. The fourth-order valence-electron chi connectivity index (χ4n) is 15.3. The van der Waals surface area contributed by atoms with Crippen LogP contribution in [0.5, 0.6) is 0 Å². The first-order chi connectivity index (χ1) is 44.2. The van der Waals surface area contributed by atoms with E-state index in [0.29, 0.717) is 56.4 Å². The van der Waals surface area contributed by atoms with Crippen molar-refractivity contribution in [2.45, 2.75) is 196 Å². The summed E-state index contributed by atoms with van der Waals surface area (Å²) in [5, 5.41) is 43.9. The van der Waals surface area contributed by atoms with Crippen molar-refractivity contribution >= 4 is 77.3 Å². The molecule has 7 amide bonds. The third kappa shape index (κ3) is 16.1. The Morgan fingerprint density at radius 3 is 1.92 bits per heavy atom. The predicted molar refractivity (Wildman–Crippen MR) is 349 cm³/mol. The number of aliphatic hydroxyl groups excluding tert-OH is 3. The van der Waals surface area contributed by atoms with E-state index in [2.05, 4.69) is 10.3 Å². The van der Waals surface area contributed by atoms with Crippen molar-refractivity contribution in [1.29, 1.82) is 5.26 Å². The topological polar surface area (TPSA) is 509 Å². The molecule has 2 unspecified atom stereocenters. The number of phosphoric ester groups is 1. The molecule has 6 aliphatic rings. The normalized spacial score (nSPS) is 32.3. The molecule has 29 nitrogen and oxygen atoms in total. The molecule has 0 aliphatic carbocycles. The molecule has 0 saturated carbocycles. The van der Waals surface area contributed by atoms with Gasteiger partial charge in [0.2, 0.25) is 41.4 Å². The first-order valence-electron chi connectivity index (χ1n) is 31.7. The molecule has 0 spiro atoms. The Balaban J connectivity index is 0.00000270. The van der Waals surface area contributed by atoms with Crippen LogP contribution in [0.3, 0.4) is 0 Å². The minimum Gasteiger partial charge on any atom is -0.756 e. The number of carbonyl (C=O) groups excluding carboxylic acids is 7. The molecule has 16 N–H and O–H groups in total. The second-order valence-corrected chi connectivity index (χ2v) is 28.6. The van der Waals surface area contributed by atoms with E-state index in [-0.39, 0.29) is 101 Å². The number of aryl methyl sites for hydroxylation is 2. The molecule has 8 rings (SSSR count). The third-order valence-corrected chi connectivity index (χ3v) is 21.6. The van der Waals surface area contributed by atoms with E-state index in [0.717, 1.165) is 11.1 Å². The number of aliphatic hydroxyl groups is 3. The van der Waals surface area contributed by atoms with Crippen LogP contribution < -0.4 is 44.6 Å².